The van der Waals surface area contributed by atoms with Gasteiger partial charge < -0.3 is 5.11 Å². The molecule has 2 aromatic carbocycles. The van der Waals surface area contributed by atoms with Crippen molar-refractivity contribution < 1.29 is 9.90 Å². The Morgan fingerprint density at radius 1 is 1.16 bits per heavy atom. The normalized spacial score (nSPS) is 10.4. The SMILES string of the molecule is Cc1cc(CCc2ccccc2)c(Cl)cc1C(=O)O. The summed E-state index contributed by atoms with van der Waals surface area (Å²) in [6, 6.07) is 13.6. The highest BCUT2D eigenvalue weighted by atomic mass is 35.5. The largest absolute Gasteiger partial charge is 0.478 e. The zero-order valence-electron chi connectivity index (χ0n) is 10.7. The fourth-order valence-electron chi connectivity index (χ4n) is 2.09. The number of hydrogen-bond donors (Lipinski definition) is 1. The number of carboxylic acids is 1. The summed E-state index contributed by atoms with van der Waals surface area (Å²) in [6.45, 7) is 1.80. The standard InChI is InChI=1S/C16H15ClO2/c1-11-9-13(15(17)10-14(11)16(18)19)8-7-12-5-3-2-4-6-12/h2-6,9-10H,7-8H2,1H3,(H,18,19). The summed E-state index contributed by atoms with van der Waals surface area (Å²) in [7, 11) is 0. The van der Waals surface area contributed by atoms with Crippen LogP contribution >= 0.6 is 11.6 Å². The second-order valence-electron chi connectivity index (χ2n) is 4.55. The first-order chi connectivity index (χ1) is 9.08. The molecule has 0 radical (unpaired) electrons. The number of halogens is 1. The van der Waals surface area contributed by atoms with Gasteiger partial charge in [-0.2, -0.15) is 0 Å². The molecule has 2 aromatic rings. The monoisotopic (exact) mass is 274 g/mol. The fraction of sp³-hybridized carbons (Fsp3) is 0.188. The summed E-state index contributed by atoms with van der Waals surface area (Å²) in [5.74, 6) is -0.936. The van der Waals surface area contributed by atoms with Crippen LogP contribution in [-0.2, 0) is 12.8 Å². The van der Waals surface area contributed by atoms with Crippen LogP contribution in [0, 0.1) is 6.92 Å². The molecule has 0 bridgehead atoms. The van der Waals surface area contributed by atoms with Crippen LogP contribution in [0.4, 0.5) is 0 Å². The summed E-state index contributed by atoms with van der Waals surface area (Å²) in [4.78, 5) is 11.0. The van der Waals surface area contributed by atoms with Gasteiger partial charge in [0.2, 0.25) is 0 Å². The minimum Gasteiger partial charge on any atom is -0.478 e. The Hall–Kier alpha value is -1.80. The van der Waals surface area contributed by atoms with Crippen molar-refractivity contribution in [3.8, 4) is 0 Å². The molecule has 0 saturated carbocycles. The van der Waals surface area contributed by atoms with Gasteiger partial charge in [0, 0.05) is 5.02 Å². The molecule has 2 nitrogen and oxygen atoms in total. The molecule has 98 valence electrons. The van der Waals surface area contributed by atoms with Crippen LogP contribution in [-0.4, -0.2) is 11.1 Å². The van der Waals surface area contributed by atoms with Crippen LogP contribution < -0.4 is 0 Å². The Morgan fingerprint density at radius 2 is 1.84 bits per heavy atom. The molecule has 0 spiro atoms. The summed E-state index contributed by atoms with van der Waals surface area (Å²) in [5.41, 5.74) is 3.26. The first kappa shape index (κ1) is 13.6. The van der Waals surface area contributed by atoms with Crippen molar-refractivity contribution in [2.75, 3.05) is 0 Å². The summed E-state index contributed by atoms with van der Waals surface area (Å²) >= 11 is 6.15. The molecule has 0 amide bonds. The Balaban J connectivity index is 2.17. The van der Waals surface area contributed by atoms with E-state index in [1.54, 1.807) is 13.0 Å². The zero-order chi connectivity index (χ0) is 13.8. The van der Waals surface area contributed by atoms with Crippen molar-refractivity contribution in [3.63, 3.8) is 0 Å². The van der Waals surface area contributed by atoms with Crippen molar-refractivity contribution in [1.29, 1.82) is 0 Å². The molecule has 0 aliphatic carbocycles. The van der Waals surface area contributed by atoms with Gasteiger partial charge in [0.15, 0.2) is 0 Å². The van der Waals surface area contributed by atoms with E-state index in [4.69, 9.17) is 16.7 Å². The van der Waals surface area contributed by atoms with E-state index >= 15 is 0 Å². The molecule has 2 rings (SSSR count). The van der Waals surface area contributed by atoms with Crippen molar-refractivity contribution >= 4 is 17.6 Å². The van der Waals surface area contributed by atoms with Crippen LogP contribution in [0.3, 0.4) is 0 Å². The van der Waals surface area contributed by atoms with Gasteiger partial charge in [-0.15, -0.1) is 0 Å². The number of hydrogen-bond acceptors (Lipinski definition) is 1. The maximum atomic E-state index is 11.0. The van der Waals surface area contributed by atoms with Crippen molar-refractivity contribution in [2.45, 2.75) is 19.8 Å². The highest BCUT2D eigenvalue weighted by molar-refractivity contribution is 6.31. The number of aromatic carboxylic acids is 1. The van der Waals surface area contributed by atoms with Crippen LogP contribution in [0.2, 0.25) is 5.02 Å². The molecular formula is C16H15ClO2. The highest BCUT2D eigenvalue weighted by Gasteiger charge is 2.11. The van der Waals surface area contributed by atoms with E-state index in [1.165, 1.54) is 5.56 Å². The van der Waals surface area contributed by atoms with E-state index in [1.807, 2.05) is 24.3 Å². The maximum absolute atomic E-state index is 11.0. The van der Waals surface area contributed by atoms with Gasteiger partial charge >= 0.3 is 5.97 Å². The maximum Gasteiger partial charge on any atom is 0.336 e. The fourth-order valence-corrected chi connectivity index (χ4v) is 2.35. The number of rotatable bonds is 4. The summed E-state index contributed by atoms with van der Waals surface area (Å²) in [5, 5.41) is 9.56. The van der Waals surface area contributed by atoms with Gasteiger partial charge in [-0.3, -0.25) is 0 Å². The number of benzene rings is 2. The zero-order valence-corrected chi connectivity index (χ0v) is 11.4. The van der Waals surface area contributed by atoms with Crippen LogP contribution in [0.5, 0.6) is 0 Å². The Kier molecular flexibility index (Phi) is 4.23. The molecule has 3 heteroatoms. The first-order valence-corrected chi connectivity index (χ1v) is 6.52. The van der Waals surface area contributed by atoms with Gasteiger partial charge in [0.1, 0.15) is 0 Å². The van der Waals surface area contributed by atoms with Gasteiger partial charge in [0.05, 0.1) is 5.56 Å². The van der Waals surface area contributed by atoms with Crippen molar-refractivity contribution in [1.82, 2.24) is 0 Å². The lowest BCUT2D eigenvalue weighted by Gasteiger charge is -2.08. The average molecular weight is 275 g/mol. The molecule has 0 aromatic heterocycles. The number of carbonyl (C=O) groups is 1. The van der Waals surface area contributed by atoms with Crippen LogP contribution in [0.25, 0.3) is 0 Å². The third-order valence-corrected chi connectivity index (χ3v) is 3.50. The molecule has 0 heterocycles. The average Bonchev–Trinajstić information content (AvgIpc) is 2.40. The molecule has 0 atom stereocenters. The van der Waals surface area contributed by atoms with E-state index in [2.05, 4.69) is 12.1 Å². The molecule has 0 saturated heterocycles. The number of aryl methyl sites for hydroxylation is 3. The van der Waals surface area contributed by atoms with Gasteiger partial charge in [-0.25, -0.2) is 4.79 Å². The lowest BCUT2D eigenvalue weighted by molar-refractivity contribution is 0.0696. The van der Waals surface area contributed by atoms with E-state index in [-0.39, 0.29) is 5.56 Å². The second kappa shape index (κ2) is 5.89. The molecule has 0 aliphatic rings. The third-order valence-electron chi connectivity index (χ3n) is 3.15. The van der Waals surface area contributed by atoms with Crippen LogP contribution in [0.15, 0.2) is 42.5 Å². The predicted octanol–water partition coefficient (Wildman–Crippen LogP) is 4.13. The molecule has 0 fully saturated rings. The molecule has 1 N–H and O–H groups in total. The Morgan fingerprint density at radius 3 is 2.47 bits per heavy atom. The Labute approximate surface area is 117 Å². The lowest BCUT2D eigenvalue weighted by atomic mass is 10.00. The quantitative estimate of drug-likeness (QED) is 0.910. The van der Waals surface area contributed by atoms with E-state index in [0.29, 0.717) is 5.02 Å². The summed E-state index contributed by atoms with van der Waals surface area (Å²) in [6.07, 6.45) is 1.70. The first-order valence-electron chi connectivity index (χ1n) is 6.14. The minimum absolute atomic E-state index is 0.272. The smallest absolute Gasteiger partial charge is 0.336 e. The molecule has 0 aliphatic heterocycles. The Bertz CT molecular complexity index is 591. The minimum atomic E-state index is -0.936. The van der Waals surface area contributed by atoms with Crippen molar-refractivity contribution in [2.24, 2.45) is 0 Å². The van der Waals surface area contributed by atoms with Gasteiger partial charge in [0.25, 0.3) is 0 Å². The van der Waals surface area contributed by atoms with Crippen LogP contribution in [0.1, 0.15) is 27.0 Å². The molecule has 19 heavy (non-hydrogen) atoms. The predicted molar refractivity (Wildman–Crippen MR) is 77.0 cm³/mol. The number of carboxylic acid groups (broad SMARTS) is 1. The topological polar surface area (TPSA) is 37.3 Å². The highest BCUT2D eigenvalue weighted by Crippen LogP contribution is 2.23. The van der Waals surface area contributed by atoms with E-state index in [0.717, 1.165) is 24.0 Å². The third kappa shape index (κ3) is 3.36. The van der Waals surface area contributed by atoms with E-state index < -0.39 is 5.97 Å². The summed E-state index contributed by atoms with van der Waals surface area (Å²) < 4.78 is 0. The second-order valence-corrected chi connectivity index (χ2v) is 4.96. The molecule has 0 unspecified atom stereocenters. The lowest BCUT2D eigenvalue weighted by Crippen LogP contribution is -2.02. The van der Waals surface area contributed by atoms with E-state index in [9.17, 15) is 4.79 Å². The molecular weight excluding hydrogens is 260 g/mol. The van der Waals surface area contributed by atoms with Gasteiger partial charge in [-0.05, 0) is 42.5 Å². The van der Waals surface area contributed by atoms with Crippen molar-refractivity contribution in [3.05, 3.63) is 69.7 Å². The van der Waals surface area contributed by atoms with Gasteiger partial charge in [-0.1, -0.05) is 48.0 Å².